The third kappa shape index (κ3) is 1.90. The predicted octanol–water partition coefficient (Wildman–Crippen LogP) is 2.95. The van der Waals surface area contributed by atoms with E-state index >= 15 is 0 Å². The van der Waals surface area contributed by atoms with Crippen molar-refractivity contribution >= 4 is 0 Å². The van der Waals surface area contributed by atoms with Crippen molar-refractivity contribution in [3.63, 3.8) is 0 Å². The summed E-state index contributed by atoms with van der Waals surface area (Å²) >= 11 is 0. The Morgan fingerprint density at radius 1 is 1.25 bits per heavy atom. The normalized spacial score (nSPS) is 17.4. The van der Waals surface area contributed by atoms with Crippen LogP contribution in [0, 0.1) is 0 Å². The van der Waals surface area contributed by atoms with Crippen molar-refractivity contribution in [1.29, 1.82) is 0 Å². The number of allylic oxidation sites excluding steroid dienone is 2. The van der Waals surface area contributed by atoms with Gasteiger partial charge in [-0.3, -0.25) is 0 Å². The molecule has 68 valence electrons. The molecule has 0 unspecified atom stereocenters. The quantitative estimate of drug-likeness (QED) is 0.621. The molecule has 1 aliphatic heterocycles. The predicted molar refractivity (Wildman–Crippen MR) is 54.0 cm³/mol. The molecule has 0 aromatic carbocycles. The molecule has 0 fully saturated rings. The zero-order valence-electron chi connectivity index (χ0n) is 8.43. The van der Waals surface area contributed by atoms with Gasteiger partial charge in [0.15, 0.2) is 0 Å². The van der Waals surface area contributed by atoms with E-state index in [0.29, 0.717) is 0 Å². The lowest BCUT2D eigenvalue weighted by atomic mass is 10.0. The van der Waals surface area contributed by atoms with Gasteiger partial charge >= 0.3 is 0 Å². The fraction of sp³-hybridized carbons (Fsp3) is 0.636. The minimum absolute atomic E-state index is 1.12. The Bertz CT molecular complexity index is 201. The summed E-state index contributed by atoms with van der Waals surface area (Å²) in [5.74, 6) is 0. The van der Waals surface area contributed by atoms with Crippen LogP contribution in [0.15, 0.2) is 23.4 Å². The summed E-state index contributed by atoms with van der Waals surface area (Å²) < 4.78 is 0. The summed E-state index contributed by atoms with van der Waals surface area (Å²) in [6.45, 7) is 8.95. The highest BCUT2D eigenvalue weighted by Crippen LogP contribution is 2.19. The monoisotopic (exact) mass is 165 g/mol. The molecule has 0 aliphatic carbocycles. The first-order valence-corrected chi connectivity index (χ1v) is 4.94. The molecular weight excluding hydrogens is 146 g/mol. The van der Waals surface area contributed by atoms with E-state index in [-0.39, 0.29) is 0 Å². The Morgan fingerprint density at radius 2 is 2.00 bits per heavy atom. The maximum atomic E-state index is 2.36. The van der Waals surface area contributed by atoms with Crippen LogP contribution in [0.1, 0.15) is 33.6 Å². The molecule has 1 heteroatoms. The third-order valence-corrected chi connectivity index (χ3v) is 2.55. The number of hydrogen-bond acceptors (Lipinski definition) is 1. The Morgan fingerprint density at radius 3 is 2.50 bits per heavy atom. The Kier molecular flexibility index (Phi) is 3.39. The standard InChI is InChI=1S/C11H19N/c1-4-10-7-8-12(6-3)9-11(10)5-2/h7-8H,4-6,9H2,1-3H3. The van der Waals surface area contributed by atoms with Crippen molar-refractivity contribution in [1.82, 2.24) is 4.90 Å². The number of rotatable bonds is 3. The zero-order chi connectivity index (χ0) is 8.97. The number of nitrogens with zero attached hydrogens (tertiary/aromatic N) is 1. The van der Waals surface area contributed by atoms with Gasteiger partial charge in [-0.2, -0.15) is 0 Å². The molecule has 0 aromatic heterocycles. The molecule has 1 rings (SSSR count). The summed E-state index contributed by atoms with van der Waals surface area (Å²) in [7, 11) is 0. The van der Waals surface area contributed by atoms with Gasteiger partial charge in [0, 0.05) is 13.1 Å². The van der Waals surface area contributed by atoms with Crippen molar-refractivity contribution < 1.29 is 0 Å². The van der Waals surface area contributed by atoms with E-state index < -0.39 is 0 Å². The van der Waals surface area contributed by atoms with Gasteiger partial charge in [0.25, 0.3) is 0 Å². The van der Waals surface area contributed by atoms with Gasteiger partial charge in [-0.05, 0) is 43.2 Å². The summed E-state index contributed by atoms with van der Waals surface area (Å²) in [5, 5.41) is 0. The molecule has 12 heavy (non-hydrogen) atoms. The van der Waals surface area contributed by atoms with E-state index in [1.54, 1.807) is 11.1 Å². The first kappa shape index (κ1) is 9.37. The summed E-state index contributed by atoms with van der Waals surface area (Å²) in [6, 6.07) is 0. The van der Waals surface area contributed by atoms with Gasteiger partial charge < -0.3 is 4.90 Å². The van der Waals surface area contributed by atoms with Gasteiger partial charge in [-0.1, -0.05) is 13.8 Å². The van der Waals surface area contributed by atoms with Gasteiger partial charge in [-0.15, -0.1) is 0 Å². The minimum Gasteiger partial charge on any atom is -0.374 e. The maximum Gasteiger partial charge on any atom is 0.0388 e. The molecule has 1 aliphatic rings. The summed E-state index contributed by atoms with van der Waals surface area (Å²) in [4.78, 5) is 2.36. The zero-order valence-corrected chi connectivity index (χ0v) is 8.43. The van der Waals surface area contributed by atoms with Gasteiger partial charge in [0.2, 0.25) is 0 Å². The fourth-order valence-corrected chi connectivity index (χ4v) is 1.64. The van der Waals surface area contributed by atoms with E-state index in [1.165, 1.54) is 12.8 Å². The van der Waals surface area contributed by atoms with Crippen LogP contribution in [0.5, 0.6) is 0 Å². The molecule has 1 heterocycles. The third-order valence-electron chi connectivity index (χ3n) is 2.55. The molecule has 0 saturated heterocycles. The van der Waals surface area contributed by atoms with Crippen LogP contribution in [0.2, 0.25) is 0 Å². The average molecular weight is 165 g/mol. The minimum atomic E-state index is 1.12. The van der Waals surface area contributed by atoms with Crippen LogP contribution in [-0.4, -0.2) is 18.0 Å². The molecule has 0 radical (unpaired) electrons. The SMILES string of the molecule is CCC1=C(CC)CN(CC)C=C1. The molecule has 0 spiro atoms. The smallest absolute Gasteiger partial charge is 0.0388 e. The lowest BCUT2D eigenvalue weighted by Gasteiger charge is -2.25. The van der Waals surface area contributed by atoms with Crippen molar-refractivity contribution in [3.05, 3.63) is 23.4 Å². The number of hydrogen-bond donors (Lipinski definition) is 0. The second kappa shape index (κ2) is 4.34. The van der Waals surface area contributed by atoms with Crippen molar-refractivity contribution in [3.8, 4) is 0 Å². The molecule has 0 bridgehead atoms. The van der Waals surface area contributed by atoms with Gasteiger partial charge in [0.05, 0.1) is 0 Å². The van der Waals surface area contributed by atoms with E-state index in [1.807, 2.05) is 0 Å². The van der Waals surface area contributed by atoms with Crippen molar-refractivity contribution in [2.24, 2.45) is 0 Å². The van der Waals surface area contributed by atoms with Crippen molar-refractivity contribution in [2.45, 2.75) is 33.6 Å². The second-order valence-corrected chi connectivity index (χ2v) is 3.21. The van der Waals surface area contributed by atoms with E-state index in [0.717, 1.165) is 13.1 Å². The van der Waals surface area contributed by atoms with Crippen LogP contribution < -0.4 is 0 Å². The molecule has 1 nitrogen and oxygen atoms in total. The van der Waals surface area contributed by atoms with Gasteiger partial charge in [0.1, 0.15) is 0 Å². The van der Waals surface area contributed by atoms with Crippen molar-refractivity contribution in [2.75, 3.05) is 13.1 Å². The highest BCUT2D eigenvalue weighted by molar-refractivity contribution is 5.29. The molecular formula is C11H19N. The first-order chi connectivity index (χ1) is 5.81. The average Bonchev–Trinajstić information content (AvgIpc) is 2.16. The topological polar surface area (TPSA) is 3.24 Å². The first-order valence-electron chi connectivity index (χ1n) is 4.94. The van der Waals surface area contributed by atoms with E-state index in [9.17, 15) is 0 Å². The van der Waals surface area contributed by atoms with E-state index in [4.69, 9.17) is 0 Å². The van der Waals surface area contributed by atoms with Crippen LogP contribution in [0.4, 0.5) is 0 Å². The molecule has 0 saturated carbocycles. The largest absolute Gasteiger partial charge is 0.374 e. The fourth-order valence-electron chi connectivity index (χ4n) is 1.64. The summed E-state index contributed by atoms with van der Waals surface area (Å²) in [6.07, 6.45) is 6.87. The lowest BCUT2D eigenvalue weighted by molar-refractivity contribution is 0.417. The Balaban J connectivity index is 2.71. The molecule has 0 amide bonds. The maximum absolute atomic E-state index is 2.36. The molecule has 0 N–H and O–H groups in total. The van der Waals surface area contributed by atoms with Crippen LogP contribution >= 0.6 is 0 Å². The Labute approximate surface area is 75.8 Å². The van der Waals surface area contributed by atoms with E-state index in [2.05, 4.69) is 37.9 Å². The van der Waals surface area contributed by atoms with Crippen LogP contribution in [0.3, 0.4) is 0 Å². The number of likely N-dealkylation sites (N-methyl/N-ethyl adjacent to an activating group) is 1. The summed E-state index contributed by atoms with van der Waals surface area (Å²) in [5.41, 5.74) is 3.16. The highest BCUT2D eigenvalue weighted by Gasteiger charge is 2.08. The van der Waals surface area contributed by atoms with Crippen LogP contribution in [-0.2, 0) is 0 Å². The Hall–Kier alpha value is -0.720. The molecule has 0 atom stereocenters. The van der Waals surface area contributed by atoms with Gasteiger partial charge in [-0.25, -0.2) is 0 Å². The lowest BCUT2D eigenvalue weighted by Crippen LogP contribution is -2.22. The second-order valence-electron chi connectivity index (χ2n) is 3.21. The molecule has 0 aromatic rings. The van der Waals surface area contributed by atoms with Crippen LogP contribution in [0.25, 0.3) is 0 Å². The highest BCUT2D eigenvalue weighted by atomic mass is 15.1.